The van der Waals surface area contributed by atoms with E-state index in [2.05, 4.69) is 27.5 Å². The third-order valence-electron chi connectivity index (χ3n) is 4.29. The Balaban J connectivity index is 1.85. The van der Waals surface area contributed by atoms with Crippen LogP contribution in [0.1, 0.15) is 29.8 Å². The topological polar surface area (TPSA) is 119 Å². The number of carbonyl (C=O) groups is 1. The van der Waals surface area contributed by atoms with Crippen molar-refractivity contribution in [1.29, 1.82) is 0 Å². The number of rotatable bonds is 8. The number of nitrogens with zero attached hydrogens (tertiary/aromatic N) is 3. The van der Waals surface area contributed by atoms with Crippen molar-refractivity contribution in [1.82, 2.24) is 9.97 Å². The first-order chi connectivity index (χ1) is 14.5. The molecule has 0 spiro atoms. The number of aromatic nitrogens is 2. The molecule has 0 radical (unpaired) electrons. The summed E-state index contributed by atoms with van der Waals surface area (Å²) in [5.41, 5.74) is 2.47. The summed E-state index contributed by atoms with van der Waals surface area (Å²) in [7, 11) is 0. The predicted octanol–water partition coefficient (Wildman–Crippen LogP) is 4.61. The van der Waals surface area contributed by atoms with Crippen molar-refractivity contribution >= 4 is 34.7 Å². The van der Waals surface area contributed by atoms with Gasteiger partial charge in [0.15, 0.2) is 0 Å². The number of ether oxygens (including phenoxy) is 1. The summed E-state index contributed by atoms with van der Waals surface area (Å²) in [5, 5.41) is 17.6. The van der Waals surface area contributed by atoms with Crippen LogP contribution in [0.2, 0.25) is 0 Å². The molecule has 2 N–H and O–H groups in total. The molecule has 1 heterocycles. The van der Waals surface area contributed by atoms with Crippen molar-refractivity contribution in [2.24, 2.45) is 0 Å². The number of nitrogens with one attached hydrogen (secondary N) is 2. The second kappa shape index (κ2) is 9.46. The molecule has 0 unspecified atom stereocenters. The van der Waals surface area contributed by atoms with Crippen LogP contribution in [-0.4, -0.2) is 27.5 Å². The first kappa shape index (κ1) is 20.7. The molecule has 0 amide bonds. The summed E-state index contributed by atoms with van der Waals surface area (Å²) in [6, 6.07) is 13.9. The average Bonchev–Trinajstić information content (AvgIpc) is 2.75. The van der Waals surface area contributed by atoms with Gasteiger partial charge in [-0.3, -0.25) is 10.1 Å². The highest BCUT2D eigenvalue weighted by Gasteiger charge is 2.23. The van der Waals surface area contributed by atoms with E-state index in [9.17, 15) is 14.9 Å². The summed E-state index contributed by atoms with van der Waals surface area (Å²) in [5.74, 6) is -0.325. The molecule has 0 aliphatic carbocycles. The van der Waals surface area contributed by atoms with Crippen LogP contribution in [0.5, 0.6) is 0 Å². The highest BCUT2D eigenvalue weighted by Crippen LogP contribution is 2.33. The summed E-state index contributed by atoms with van der Waals surface area (Å²) in [6.45, 7) is 4.06. The number of nitro groups is 1. The summed E-state index contributed by atoms with van der Waals surface area (Å²) in [6.07, 6.45) is 2.14. The minimum absolute atomic E-state index is 0.0339. The Hall–Kier alpha value is -4.01. The molecule has 0 atom stereocenters. The number of aryl methyl sites for hydroxylation is 1. The second-order valence-corrected chi connectivity index (χ2v) is 6.27. The number of hydrogen-bond acceptors (Lipinski definition) is 8. The Kier molecular flexibility index (Phi) is 6.53. The molecule has 1 aromatic heterocycles. The summed E-state index contributed by atoms with van der Waals surface area (Å²) in [4.78, 5) is 31.0. The number of esters is 1. The zero-order chi connectivity index (χ0) is 21.5. The molecule has 3 rings (SSSR count). The Morgan fingerprint density at radius 2 is 1.50 bits per heavy atom. The Bertz CT molecular complexity index is 1040. The van der Waals surface area contributed by atoms with Crippen LogP contribution in [-0.2, 0) is 11.2 Å². The lowest BCUT2D eigenvalue weighted by atomic mass is 10.1. The first-order valence-corrected chi connectivity index (χ1v) is 9.41. The fourth-order valence-electron chi connectivity index (χ4n) is 2.74. The maximum atomic E-state index is 11.8. The van der Waals surface area contributed by atoms with Crippen LogP contribution >= 0.6 is 0 Å². The van der Waals surface area contributed by atoms with Crippen LogP contribution < -0.4 is 10.6 Å². The maximum Gasteiger partial charge on any atom is 0.353 e. The van der Waals surface area contributed by atoms with Gasteiger partial charge in [0.1, 0.15) is 6.33 Å². The van der Waals surface area contributed by atoms with Gasteiger partial charge in [-0.1, -0.05) is 19.1 Å². The molecule has 154 valence electrons. The van der Waals surface area contributed by atoms with Crippen LogP contribution in [0.15, 0.2) is 54.9 Å². The largest absolute Gasteiger partial charge is 0.462 e. The van der Waals surface area contributed by atoms with E-state index in [1.54, 1.807) is 31.2 Å². The number of anilines is 4. The molecular weight excluding hydrogens is 386 g/mol. The molecule has 3 aromatic rings. The van der Waals surface area contributed by atoms with E-state index >= 15 is 0 Å². The summed E-state index contributed by atoms with van der Waals surface area (Å²) < 4.78 is 4.95. The Morgan fingerprint density at radius 1 is 0.967 bits per heavy atom. The molecule has 0 aliphatic heterocycles. The highest BCUT2D eigenvalue weighted by molar-refractivity contribution is 5.90. The van der Waals surface area contributed by atoms with E-state index in [1.807, 2.05) is 24.3 Å². The van der Waals surface area contributed by atoms with E-state index in [0.29, 0.717) is 16.9 Å². The number of benzene rings is 2. The average molecular weight is 407 g/mol. The lowest BCUT2D eigenvalue weighted by Gasteiger charge is -2.11. The lowest BCUT2D eigenvalue weighted by Crippen LogP contribution is -2.06. The van der Waals surface area contributed by atoms with Gasteiger partial charge in [-0.05, 0) is 55.3 Å². The normalized spacial score (nSPS) is 10.3. The quantitative estimate of drug-likeness (QED) is 0.316. The van der Waals surface area contributed by atoms with Gasteiger partial charge >= 0.3 is 11.7 Å². The standard InChI is InChI=1S/C21H21N5O4/c1-3-14-5-9-16(10-6-14)24-19-18(26(28)29)20(23-13-22-19)25-17-11-7-15(8-12-17)21(27)30-4-2/h5-13H,3-4H2,1-2H3,(H2,22,23,24,25). The fraction of sp³-hybridized carbons (Fsp3) is 0.190. The van der Waals surface area contributed by atoms with Gasteiger partial charge < -0.3 is 15.4 Å². The van der Waals surface area contributed by atoms with Crippen LogP contribution in [0, 0.1) is 10.1 Å². The zero-order valence-corrected chi connectivity index (χ0v) is 16.6. The van der Waals surface area contributed by atoms with Crippen molar-refractivity contribution in [3.63, 3.8) is 0 Å². The van der Waals surface area contributed by atoms with Gasteiger partial charge in [0.2, 0.25) is 11.6 Å². The molecule has 2 aromatic carbocycles. The van der Waals surface area contributed by atoms with Gasteiger partial charge in [-0.2, -0.15) is 0 Å². The Labute approximate surface area is 173 Å². The monoisotopic (exact) mass is 407 g/mol. The minimum Gasteiger partial charge on any atom is -0.462 e. The van der Waals surface area contributed by atoms with Gasteiger partial charge in [0.25, 0.3) is 0 Å². The highest BCUT2D eigenvalue weighted by atomic mass is 16.6. The molecule has 0 saturated carbocycles. The van der Waals surface area contributed by atoms with Gasteiger partial charge in [-0.15, -0.1) is 0 Å². The zero-order valence-electron chi connectivity index (χ0n) is 16.6. The van der Waals surface area contributed by atoms with E-state index in [-0.39, 0.29) is 23.9 Å². The van der Waals surface area contributed by atoms with Gasteiger partial charge in [-0.25, -0.2) is 14.8 Å². The van der Waals surface area contributed by atoms with Crippen molar-refractivity contribution in [3.8, 4) is 0 Å². The first-order valence-electron chi connectivity index (χ1n) is 9.41. The van der Waals surface area contributed by atoms with E-state index in [1.165, 1.54) is 6.33 Å². The summed E-state index contributed by atoms with van der Waals surface area (Å²) >= 11 is 0. The maximum absolute atomic E-state index is 11.8. The smallest absolute Gasteiger partial charge is 0.353 e. The molecule has 0 aliphatic rings. The predicted molar refractivity (Wildman–Crippen MR) is 113 cm³/mol. The van der Waals surface area contributed by atoms with E-state index < -0.39 is 10.9 Å². The number of hydrogen-bond donors (Lipinski definition) is 2. The van der Waals surface area contributed by atoms with E-state index in [0.717, 1.165) is 12.0 Å². The van der Waals surface area contributed by atoms with Crippen molar-refractivity contribution < 1.29 is 14.5 Å². The van der Waals surface area contributed by atoms with Crippen LogP contribution in [0.3, 0.4) is 0 Å². The van der Waals surface area contributed by atoms with Crippen LogP contribution in [0.4, 0.5) is 28.7 Å². The van der Waals surface area contributed by atoms with E-state index in [4.69, 9.17) is 4.74 Å². The number of carbonyl (C=O) groups excluding carboxylic acids is 1. The molecule has 30 heavy (non-hydrogen) atoms. The van der Waals surface area contributed by atoms with Gasteiger partial charge in [0, 0.05) is 11.4 Å². The molecule has 0 bridgehead atoms. The molecule has 0 fully saturated rings. The van der Waals surface area contributed by atoms with Crippen molar-refractivity contribution in [3.05, 3.63) is 76.1 Å². The second-order valence-electron chi connectivity index (χ2n) is 6.27. The third kappa shape index (κ3) is 4.88. The third-order valence-corrected chi connectivity index (χ3v) is 4.29. The molecule has 9 heteroatoms. The Morgan fingerprint density at radius 3 is 1.97 bits per heavy atom. The van der Waals surface area contributed by atoms with Gasteiger partial charge in [0.05, 0.1) is 17.1 Å². The van der Waals surface area contributed by atoms with Crippen molar-refractivity contribution in [2.75, 3.05) is 17.2 Å². The fourth-order valence-corrected chi connectivity index (χ4v) is 2.74. The van der Waals surface area contributed by atoms with Crippen LogP contribution in [0.25, 0.3) is 0 Å². The van der Waals surface area contributed by atoms with Crippen molar-refractivity contribution in [2.45, 2.75) is 20.3 Å². The molecule has 0 saturated heterocycles. The lowest BCUT2D eigenvalue weighted by molar-refractivity contribution is -0.383. The molecule has 9 nitrogen and oxygen atoms in total. The SMILES string of the molecule is CCOC(=O)c1ccc(Nc2ncnc(Nc3ccc(CC)cc3)c2[N+](=O)[O-])cc1. The molecular formula is C21H21N5O4. The minimum atomic E-state index is -0.544.